The van der Waals surface area contributed by atoms with E-state index in [0.717, 1.165) is 25.2 Å². The summed E-state index contributed by atoms with van der Waals surface area (Å²) in [5, 5.41) is 22.1. The van der Waals surface area contributed by atoms with Crippen LogP contribution in [0, 0.1) is 23.2 Å². The number of hydrogen-bond donors (Lipinski definition) is 2. The highest BCUT2D eigenvalue weighted by molar-refractivity contribution is 5.96. The molecule has 0 aromatic heterocycles. The lowest BCUT2D eigenvalue weighted by molar-refractivity contribution is -0.148. The van der Waals surface area contributed by atoms with E-state index in [-0.39, 0.29) is 17.9 Å². The summed E-state index contributed by atoms with van der Waals surface area (Å²) in [7, 11) is 0. The monoisotopic (exact) mass is 479 g/mol. The molecule has 2 N–H and O–H groups in total. The van der Waals surface area contributed by atoms with Crippen LogP contribution in [0.3, 0.4) is 0 Å². The number of carbonyl (C=O) groups is 1. The van der Waals surface area contributed by atoms with Crippen molar-refractivity contribution in [3.05, 3.63) is 0 Å². The number of esters is 1. The molecule has 0 radical (unpaired) electrons. The van der Waals surface area contributed by atoms with Gasteiger partial charge in [0.05, 0.1) is 12.7 Å². The molecule has 34 heavy (non-hydrogen) atoms. The molecule has 3 fully saturated rings. The molecule has 0 saturated heterocycles. The third-order valence-corrected chi connectivity index (χ3v) is 8.64. The maximum absolute atomic E-state index is 12.6. The number of ether oxygens (including phenoxy) is 1. The number of aliphatic hydroxyl groups is 2. The molecule has 3 saturated carbocycles. The van der Waals surface area contributed by atoms with Crippen molar-refractivity contribution in [1.82, 2.24) is 0 Å². The van der Waals surface area contributed by atoms with Crippen molar-refractivity contribution in [2.75, 3.05) is 6.61 Å². The number of aliphatic imine (C=N–C) groups is 1. The van der Waals surface area contributed by atoms with Crippen molar-refractivity contribution < 1.29 is 19.7 Å². The van der Waals surface area contributed by atoms with Gasteiger partial charge in [-0.05, 0) is 56.3 Å². The molecule has 0 aliphatic heterocycles. The predicted octanol–water partition coefficient (Wildman–Crippen LogP) is 6.48. The molecule has 0 amide bonds. The average Bonchev–Trinajstić information content (AvgIpc) is 2.75. The fourth-order valence-corrected chi connectivity index (χ4v) is 6.13. The molecule has 5 nitrogen and oxygen atoms in total. The SMILES string of the molecule is CCOC(=O)[C@H](N=C1C[C@@H]2C[C@@H](C2(C)C)[C@@]1(C)O)[C@H](O)CCCCCCCCCCCC(C)C. The smallest absolute Gasteiger partial charge is 0.333 e. The number of rotatable bonds is 16. The normalized spacial score (nSPS) is 28.6. The minimum atomic E-state index is -1.03. The van der Waals surface area contributed by atoms with Crippen LogP contribution in [0.5, 0.6) is 0 Å². The first-order valence-corrected chi connectivity index (χ1v) is 14.2. The van der Waals surface area contributed by atoms with Gasteiger partial charge in [-0.3, -0.25) is 4.99 Å². The highest BCUT2D eigenvalue weighted by Crippen LogP contribution is 2.61. The molecule has 2 bridgehead atoms. The Bertz CT molecular complexity index is 655. The second kappa shape index (κ2) is 13.4. The van der Waals surface area contributed by atoms with Gasteiger partial charge in [-0.2, -0.15) is 0 Å². The lowest BCUT2D eigenvalue weighted by Crippen LogP contribution is -2.65. The molecule has 5 heteroatoms. The Kier molecular flexibility index (Phi) is 11.5. The summed E-state index contributed by atoms with van der Waals surface area (Å²) in [4.78, 5) is 17.3. The number of carbonyl (C=O) groups excluding carboxylic acids is 1. The van der Waals surface area contributed by atoms with Crippen molar-refractivity contribution in [1.29, 1.82) is 0 Å². The van der Waals surface area contributed by atoms with E-state index in [1.807, 2.05) is 6.92 Å². The molecule has 0 spiro atoms. The van der Waals surface area contributed by atoms with Gasteiger partial charge in [0.25, 0.3) is 0 Å². The molecule has 5 atom stereocenters. The molecule has 3 aliphatic carbocycles. The zero-order valence-corrected chi connectivity index (χ0v) is 22.9. The van der Waals surface area contributed by atoms with Crippen LogP contribution >= 0.6 is 0 Å². The van der Waals surface area contributed by atoms with Crippen molar-refractivity contribution in [2.24, 2.45) is 28.2 Å². The summed E-state index contributed by atoms with van der Waals surface area (Å²) in [6.45, 7) is 12.9. The maximum atomic E-state index is 12.6. The van der Waals surface area contributed by atoms with Gasteiger partial charge in [-0.15, -0.1) is 0 Å². The third kappa shape index (κ3) is 7.78. The second-order valence-corrected chi connectivity index (χ2v) is 12.2. The molecule has 0 unspecified atom stereocenters. The molecule has 198 valence electrons. The first-order chi connectivity index (χ1) is 16.0. The number of hydrogen-bond acceptors (Lipinski definition) is 5. The Labute approximate surface area is 209 Å². The van der Waals surface area contributed by atoms with Crippen LogP contribution in [0.25, 0.3) is 0 Å². The Balaban J connectivity index is 1.77. The van der Waals surface area contributed by atoms with Crippen LogP contribution < -0.4 is 0 Å². The van der Waals surface area contributed by atoms with Crippen LogP contribution in [0.15, 0.2) is 4.99 Å². The average molecular weight is 480 g/mol. The van der Waals surface area contributed by atoms with Crippen LogP contribution in [-0.4, -0.2) is 46.2 Å². The molecule has 3 rings (SSSR count). The number of fused-ring (bicyclic) bond motifs is 2. The Morgan fingerprint density at radius 3 is 2.00 bits per heavy atom. The van der Waals surface area contributed by atoms with E-state index >= 15 is 0 Å². The van der Waals surface area contributed by atoms with E-state index in [4.69, 9.17) is 4.74 Å². The van der Waals surface area contributed by atoms with Gasteiger partial charge in [0, 0.05) is 5.71 Å². The maximum Gasteiger partial charge on any atom is 0.333 e. The van der Waals surface area contributed by atoms with Gasteiger partial charge >= 0.3 is 5.97 Å². The Hall–Kier alpha value is -0.940. The summed E-state index contributed by atoms with van der Waals surface area (Å²) in [6, 6.07) is -0.937. The summed E-state index contributed by atoms with van der Waals surface area (Å²) >= 11 is 0. The van der Waals surface area contributed by atoms with E-state index in [1.165, 1.54) is 51.4 Å². The highest BCUT2D eigenvalue weighted by atomic mass is 16.5. The number of nitrogens with zero attached hydrogens (tertiary/aromatic N) is 1. The fraction of sp³-hybridized carbons (Fsp3) is 0.931. The Morgan fingerprint density at radius 1 is 1.00 bits per heavy atom. The van der Waals surface area contributed by atoms with Gasteiger partial charge in [0.2, 0.25) is 0 Å². The quantitative estimate of drug-likeness (QED) is 0.196. The van der Waals surface area contributed by atoms with Crippen molar-refractivity contribution in [3.63, 3.8) is 0 Å². The third-order valence-electron chi connectivity index (χ3n) is 8.64. The standard InChI is InChI=1S/C29H53NO4/c1-7-34-27(32)26(30-25-20-22-19-24(28(22,4)5)29(25,6)33)23(31)18-16-14-12-10-8-9-11-13-15-17-21(2)3/h21-24,26,31,33H,7-20H2,1-6H3/t22-,23+,24-,26+,29+/m0/s1. The molecular weight excluding hydrogens is 426 g/mol. The molecular formula is C29H53NO4. The predicted molar refractivity (Wildman–Crippen MR) is 140 cm³/mol. The fourth-order valence-electron chi connectivity index (χ4n) is 6.13. The summed E-state index contributed by atoms with van der Waals surface area (Å²) < 4.78 is 5.24. The second-order valence-electron chi connectivity index (χ2n) is 12.2. The van der Waals surface area contributed by atoms with Crippen LogP contribution in [0.4, 0.5) is 0 Å². The molecule has 0 aromatic carbocycles. The van der Waals surface area contributed by atoms with E-state index in [2.05, 4.69) is 32.7 Å². The zero-order valence-electron chi connectivity index (χ0n) is 22.9. The van der Waals surface area contributed by atoms with E-state index < -0.39 is 23.7 Å². The lowest BCUT2D eigenvalue weighted by Gasteiger charge is -2.62. The lowest BCUT2D eigenvalue weighted by atomic mass is 9.44. The van der Waals surface area contributed by atoms with Gasteiger partial charge < -0.3 is 14.9 Å². The molecule has 0 aromatic rings. The minimum absolute atomic E-state index is 0.0919. The highest BCUT2D eigenvalue weighted by Gasteiger charge is 2.61. The van der Waals surface area contributed by atoms with Crippen LogP contribution in [0.1, 0.15) is 125 Å². The summed E-state index contributed by atoms with van der Waals surface area (Å²) in [5.41, 5.74) is -0.273. The van der Waals surface area contributed by atoms with E-state index in [9.17, 15) is 15.0 Å². The molecule has 3 aliphatic rings. The van der Waals surface area contributed by atoms with Crippen LogP contribution in [-0.2, 0) is 9.53 Å². The molecule has 0 heterocycles. The van der Waals surface area contributed by atoms with Crippen LogP contribution in [0.2, 0.25) is 0 Å². The van der Waals surface area contributed by atoms with Crippen molar-refractivity contribution in [2.45, 2.75) is 143 Å². The van der Waals surface area contributed by atoms with Gasteiger partial charge in [-0.25, -0.2) is 4.79 Å². The number of aliphatic hydroxyl groups excluding tert-OH is 1. The van der Waals surface area contributed by atoms with Gasteiger partial charge in [-0.1, -0.05) is 91.9 Å². The van der Waals surface area contributed by atoms with E-state index in [0.29, 0.717) is 24.5 Å². The topological polar surface area (TPSA) is 79.1 Å². The van der Waals surface area contributed by atoms with Crippen molar-refractivity contribution >= 4 is 11.7 Å². The first kappa shape index (κ1) is 29.3. The number of unbranched alkanes of at least 4 members (excludes halogenated alkanes) is 8. The van der Waals surface area contributed by atoms with Crippen molar-refractivity contribution in [3.8, 4) is 0 Å². The zero-order chi connectivity index (χ0) is 25.4. The largest absolute Gasteiger partial charge is 0.464 e. The van der Waals surface area contributed by atoms with E-state index in [1.54, 1.807) is 6.92 Å². The minimum Gasteiger partial charge on any atom is -0.464 e. The Morgan fingerprint density at radius 2 is 1.53 bits per heavy atom. The first-order valence-electron chi connectivity index (χ1n) is 14.2. The van der Waals surface area contributed by atoms with Gasteiger partial charge in [0.1, 0.15) is 5.60 Å². The summed E-state index contributed by atoms with van der Waals surface area (Å²) in [5.74, 6) is 0.965. The summed E-state index contributed by atoms with van der Waals surface area (Å²) in [6.07, 6.45) is 13.7. The van der Waals surface area contributed by atoms with Gasteiger partial charge in [0.15, 0.2) is 6.04 Å².